The van der Waals surface area contributed by atoms with Crippen molar-refractivity contribution in [3.63, 3.8) is 0 Å². The van der Waals surface area contributed by atoms with Gasteiger partial charge in [0.15, 0.2) is 11.5 Å². The van der Waals surface area contributed by atoms with Crippen LogP contribution in [-0.4, -0.2) is 24.4 Å². The largest absolute Gasteiger partial charge is 0.490 e. The average molecular weight is 327 g/mol. The van der Waals surface area contributed by atoms with Crippen LogP contribution in [0.4, 0.5) is 0 Å². The molecular formula is C18H27ClO3. The molecule has 1 aliphatic heterocycles. The van der Waals surface area contributed by atoms with Gasteiger partial charge in [0.25, 0.3) is 0 Å². The molecule has 0 N–H and O–H groups in total. The van der Waals surface area contributed by atoms with Crippen LogP contribution in [0, 0.1) is 0 Å². The fourth-order valence-corrected chi connectivity index (χ4v) is 2.62. The van der Waals surface area contributed by atoms with Gasteiger partial charge in [-0.1, -0.05) is 13.0 Å². The maximum Gasteiger partial charge on any atom is 0.162 e. The second kappa shape index (κ2) is 7.10. The first-order valence-corrected chi connectivity index (χ1v) is 8.55. The molecule has 1 atom stereocenters. The van der Waals surface area contributed by atoms with Crippen molar-refractivity contribution in [2.75, 3.05) is 13.2 Å². The highest BCUT2D eigenvalue weighted by molar-refractivity contribution is 6.17. The fraction of sp³-hybridized carbons (Fsp3) is 0.667. The monoisotopic (exact) mass is 326 g/mol. The number of fused-ring (bicyclic) bond motifs is 1. The minimum atomic E-state index is -0.317. The van der Waals surface area contributed by atoms with Crippen LogP contribution in [-0.2, 0) is 10.6 Å². The zero-order chi connectivity index (χ0) is 16.2. The number of rotatable bonds is 2. The maximum absolute atomic E-state index is 6.20. The van der Waals surface area contributed by atoms with Gasteiger partial charge in [0.1, 0.15) is 5.60 Å². The van der Waals surface area contributed by atoms with Crippen LogP contribution in [0.25, 0.3) is 0 Å². The molecule has 1 aromatic carbocycles. The Hall–Kier alpha value is -0.930. The Morgan fingerprint density at radius 2 is 1.86 bits per heavy atom. The molecule has 0 radical (unpaired) electrons. The van der Waals surface area contributed by atoms with Crippen LogP contribution < -0.4 is 9.47 Å². The summed E-state index contributed by atoms with van der Waals surface area (Å²) in [5, 5.41) is 0. The predicted molar refractivity (Wildman–Crippen MR) is 90.1 cm³/mol. The molecule has 0 saturated heterocycles. The first-order valence-electron chi connectivity index (χ1n) is 8.02. The highest BCUT2D eigenvalue weighted by Gasteiger charge is 2.28. The van der Waals surface area contributed by atoms with Gasteiger partial charge in [0, 0.05) is 18.7 Å². The van der Waals surface area contributed by atoms with Crippen molar-refractivity contribution in [1.82, 2.24) is 0 Å². The van der Waals surface area contributed by atoms with Crippen molar-refractivity contribution in [3.8, 4) is 11.5 Å². The van der Waals surface area contributed by atoms with E-state index in [1.165, 1.54) is 0 Å². The minimum Gasteiger partial charge on any atom is -0.490 e. The lowest BCUT2D eigenvalue weighted by atomic mass is 9.99. The predicted octanol–water partition coefficient (Wildman–Crippen LogP) is 4.94. The van der Waals surface area contributed by atoms with E-state index in [0.29, 0.717) is 19.1 Å². The summed E-state index contributed by atoms with van der Waals surface area (Å²) in [5.74, 6) is 2.01. The van der Waals surface area contributed by atoms with Crippen LogP contribution in [0.5, 0.6) is 11.5 Å². The number of ether oxygens (including phenoxy) is 3. The highest BCUT2D eigenvalue weighted by atomic mass is 35.5. The van der Waals surface area contributed by atoms with E-state index < -0.39 is 0 Å². The molecule has 0 amide bonds. The summed E-state index contributed by atoms with van der Waals surface area (Å²) in [6.07, 6.45) is 2.66. The topological polar surface area (TPSA) is 27.7 Å². The molecule has 22 heavy (non-hydrogen) atoms. The summed E-state index contributed by atoms with van der Waals surface area (Å²) >= 11 is 5.94. The summed E-state index contributed by atoms with van der Waals surface area (Å²) in [7, 11) is 0. The SMILES string of the molecule is CCC1(C)CCOc2ccc(CCl)cc2OC(C)(C)CCO1. The third-order valence-corrected chi connectivity index (χ3v) is 4.65. The van der Waals surface area contributed by atoms with Gasteiger partial charge in [-0.15, -0.1) is 11.6 Å². The normalized spacial score (nSPS) is 25.3. The second-order valence-corrected chi connectivity index (χ2v) is 7.04. The van der Waals surface area contributed by atoms with Crippen LogP contribution in [0.3, 0.4) is 0 Å². The first kappa shape index (κ1) is 17.4. The van der Waals surface area contributed by atoms with E-state index in [2.05, 4.69) is 27.7 Å². The van der Waals surface area contributed by atoms with Crippen molar-refractivity contribution in [2.24, 2.45) is 0 Å². The molecule has 0 fully saturated rings. The lowest BCUT2D eigenvalue weighted by molar-refractivity contribution is -0.0608. The number of halogens is 1. The van der Waals surface area contributed by atoms with Gasteiger partial charge in [0.05, 0.1) is 18.8 Å². The summed E-state index contributed by atoms with van der Waals surface area (Å²) in [4.78, 5) is 0. The highest BCUT2D eigenvalue weighted by Crippen LogP contribution is 2.34. The smallest absolute Gasteiger partial charge is 0.162 e. The number of alkyl halides is 1. The Morgan fingerprint density at radius 3 is 2.55 bits per heavy atom. The summed E-state index contributed by atoms with van der Waals surface area (Å²) in [6, 6.07) is 5.91. The molecule has 0 aromatic heterocycles. The molecule has 4 heteroatoms. The molecule has 3 nitrogen and oxygen atoms in total. The molecule has 1 aromatic rings. The Balaban J connectivity index is 2.28. The van der Waals surface area contributed by atoms with Crippen molar-refractivity contribution < 1.29 is 14.2 Å². The quantitative estimate of drug-likeness (QED) is 0.720. The van der Waals surface area contributed by atoms with E-state index >= 15 is 0 Å². The van der Waals surface area contributed by atoms with Gasteiger partial charge in [-0.3, -0.25) is 0 Å². The van der Waals surface area contributed by atoms with Crippen LogP contribution >= 0.6 is 11.6 Å². The Labute approximate surface area is 138 Å². The molecule has 0 saturated carbocycles. The molecule has 0 bridgehead atoms. The van der Waals surface area contributed by atoms with Crippen molar-refractivity contribution >= 4 is 11.6 Å². The average Bonchev–Trinajstić information content (AvgIpc) is 2.49. The third kappa shape index (κ3) is 4.53. The van der Waals surface area contributed by atoms with E-state index in [1.54, 1.807) is 0 Å². The second-order valence-electron chi connectivity index (χ2n) is 6.78. The molecule has 1 heterocycles. The van der Waals surface area contributed by atoms with Gasteiger partial charge < -0.3 is 14.2 Å². The standard InChI is InChI=1S/C18H27ClO3/c1-5-18(4)9-10-20-15-7-6-14(13-19)12-16(15)22-17(2,3)8-11-21-18/h6-7,12H,5,8-11,13H2,1-4H3. The van der Waals surface area contributed by atoms with Crippen molar-refractivity contribution in [3.05, 3.63) is 23.8 Å². The zero-order valence-electron chi connectivity index (χ0n) is 14.1. The molecule has 0 spiro atoms. The fourth-order valence-electron chi connectivity index (χ4n) is 2.45. The van der Waals surface area contributed by atoms with Gasteiger partial charge in [-0.05, 0) is 44.9 Å². The van der Waals surface area contributed by atoms with Crippen LogP contribution in [0.15, 0.2) is 18.2 Å². The van der Waals surface area contributed by atoms with E-state index in [0.717, 1.165) is 36.3 Å². The van der Waals surface area contributed by atoms with Gasteiger partial charge >= 0.3 is 0 Å². The maximum atomic E-state index is 6.20. The first-order chi connectivity index (χ1) is 10.4. The third-order valence-electron chi connectivity index (χ3n) is 4.34. The van der Waals surface area contributed by atoms with E-state index in [-0.39, 0.29) is 11.2 Å². The number of hydrogen-bond acceptors (Lipinski definition) is 3. The van der Waals surface area contributed by atoms with Crippen LogP contribution in [0.1, 0.15) is 52.5 Å². The Kier molecular flexibility index (Phi) is 5.62. The molecule has 0 aliphatic carbocycles. The number of hydrogen-bond donors (Lipinski definition) is 0. The Bertz CT molecular complexity index is 501. The molecular weight excluding hydrogens is 300 g/mol. The zero-order valence-corrected chi connectivity index (χ0v) is 14.8. The van der Waals surface area contributed by atoms with E-state index in [1.807, 2.05) is 18.2 Å². The molecule has 1 aliphatic rings. The Morgan fingerprint density at radius 1 is 1.09 bits per heavy atom. The lowest BCUT2D eigenvalue weighted by Crippen LogP contribution is -2.34. The summed E-state index contributed by atoms with van der Waals surface area (Å²) in [6.45, 7) is 9.76. The van der Waals surface area contributed by atoms with E-state index in [9.17, 15) is 0 Å². The molecule has 1 unspecified atom stereocenters. The van der Waals surface area contributed by atoms with Gasteiger partial charge in [-0.2, -0.15) is 0 Å². The molecule has 2 rings (SSSR count). The van der Waals surface area contributed by atoms with Crippen molar-refractivity contribution in [2.45, 2.75) is 64.0 Å². The minimum absolute atomic E-state index is 0.142. The number of benzene rings is 1. The van der Waals surface area contributed by atoms with Gasteiger partial charge in [-0.25, -0.2) is 0 Å². The lowest BCUT2D eigenvalue weighted by Gasteiger charge is -2.30. The molecule has 124 valence electrons. The van der Waals surface area contributed by atoms with Crippen molar-refractivity contribution in [1.29, 1.82) is 0 Å². The summed E-state index contributed by atoms with van der Waals surface area (Å²) in [5.41, 5.74) is 0.572. The van der Waals surface area contributed by atoms with Gasteiger partial charge in [0.2, 0.25) is 0 Å². The summed E-state index contributed by atoms with van der Waals surface area (Å²) < 4.78 is 18.3. The van der Waals surface area contributed by atoms with E-state index in [4.69, 9.17) is 25.8 Å². The van der Waals surface area contributed by atoms with Crippen LogP contribution in [0.2, 0.25) is 0 Å².